The van der Waals surface area contributed by atoms with E-state index in [1.165, 1.54) is 0 Å². The molecular weight excluding hydrogens is 332 g/mol. The summed E-state index contributed by atoms with van der Waals surface area (Å²) >= 11 is 0. The molecule has 2 nitrogen and oxygen atoms in total. The number of rotatable bonds is 3. The summed E-state index contributed by atoms with van der Waals surface area (Å²) in [5.74, 6) is 7.77. The number of hydrogen-bond acceptors (Lipinski definition) is 2. The van der Waals surface area contributed by atoms with Crippen LogP contribution in [0, 0.1) is 17.3 Å². The van der Waals surface area contributed by atoms with E-state index >= 15 is 0 Å². The second-order valence-electron chi connectivity index (χ2n) is 7.52. The van der Waals surface area contributed by atoms with Crippen molar-refractivity contribution in [2.24, 2.45) is 5.41 Å². The van der Waals surface area contributed by atoms with E-state index in [0.29, 0.717) is 0 Å². The Morgan fingerprint density at radius 3 is 1.78 bits per heavy atom. The van der Waals surface area contributed by atoms with Gasteiger partial charge in [0.1, 0.15) is 11.5 Å². The standard InChI is InChI=1S/C25H24O2/c1-24(2,3)25(26,21-10-6-4-7-11-21)19-18-20-14-16-23(17-15-20)27-22-12-8-5-9-13-22/h4-17,26H,1-3H3. The van der Waals surface area contributed by atoms with E-state index in [4.69, 9.17) is 4.74 Å². The Morgan fingerprint density at radius 2 is 1.22 bits per heavy atom. The maximum absolute atomic E-state index is 11.3. The van der Waals surface area contributed by atoms with Gasteiger partial charge in [0.25, 0.3) is 0 Å². The number of aliphatic hydroxyl groups is 1. The molecule has 0 amide bonds. The van der Waals surface area contributed by atoms with Gasteiger partial charge in [0.2, 0.25) is 0 Å². The molecule has 2 heteroatoms. The maximum atomic E-state index is 11.3. The van der Waals surface area contributed by atoms with E-state index in [1.54, 1.807) is 0 Å². The Hall–Kier alpha value is -3.02. The summed E-state index contributed by atoms with van der Waals surface area (Å²) in [5, 5.41) is 11.3. The van der Waals surface area contributed by atoms with Gasteiger partial charge in [-0.15, -0.1) is 0 Å². The van der Waals surface area contributed by atoms with E-state index in [-0.39, 0.29) is 0 Å². The zero-order valence-corrected chi connectivity index (χ0v) is 15.9. The highest BCUT2D eigenvalue weighted by molar-refractivity contribution is 5.44. The molecule has 0 radical (unpaired) electrons. The first-order valence-electron chi connectivity index (χ1n) is 9.02. The molecule has 1 atom stereocenters. The summed E-state index contributed by atoms with van der Waals surface area (Å²) in [5.41, 5.74) is -0.0476. The van der Waals surface area contributed by atoms with E-state index in [2.05, 4.69) is 11.8 Å². The quantitative estimate of drug-likeness (QED) is 0.604. The molecule has 27 heavy (non-hydrogen) atoms. The van der Waals surface area contributed by atoms with E-state index in [9.17, 15) is 5.11 Å². The highest BCUT2D eigenvalue weighted by Crippen LogP contribution is 2.38. The highest BCUT2D eigenvalue weighted by Gasteiger charge is 2.40. The molecule has 0 spiro atoms. The van der Waals surface area contributed by atoms with Crippen LogP contribution in [0.25, 0.3) is 0 Å². The lowest BCUT2D eigenvalue weighted by Gasteiger charge is -2.36. The molecule has 0 saturated carbocycles. The van der Waals surface area contributed by atoms with Crippen LogP contribution in [0.15, 0.2) is 84.9 Å². The fourth-order valence-corrected chi connectivity index (χ4v) is 2.77. The van der Waals surface area contributed by atoms with Gasteiger partial charge in [-0.3, -0.25) is 0 Å². The van der Waals surface area contributed by atoms with E-state index in [1.807, 2.05) is 106 Å². The SMILES string of the molecule is CC(C)(C)C(O)(C#Cc1ccc(Oc2ccccc2)cc1)c1ccccc1. The summed E-state index contributed by atoms with van der Waals surface area (Å²) in [6.07, 6.45) is 0. The van der Waals surface area contributed by atoms with Gasteiger partial charge < -0.3 is 9.84 Å². The van der Waals surface area contributed by atoms with Gasteiger partial charge in [-0.25, -0.2) is 0 Å². The minimum Gasteiger partial charge on any atom is -0.457 e. The van der Waals surface area contributed by atoms with Crippen molar-refractivity contribution < 1.29 is 9.84 Å². The lowest BCUT2D eigenvalue weighted by atomic mass is 9.72. The molecule has 0 bridgehead atoms. The van der Waals surface area contributed by atoms with E-state index < -0.39 is 11.0 Å². The van der Waals surface area contributed by atoms with Gasteiger partial charge in [0, 0.05) is 11.0 Å². The molecule has 0 heterocycles. The predicted octanol–water partition coefficient (Wildman–Crippen LogP) is 5.76. The summed E-state index contributed by atoms with van der Waals surface area (Å²) in [6.45, 7) is 5.97. The maximum Gasteiger partial charge on any atom is 0.156 e. The molecule has 0 fully saturated rings. The number of ether oxygens (including phenoxy) is 1. The Bertz CT molecular complexity index is 927. The van der Waals surface area contributed by atoms with Crippen LogP contribution in [0.2, 0.25) is 0 Å². The first-order valence-corrected chi connectivity index (χ1v) is 9.02. The number of benzene rings is 3. The van der Waals surface area contributed by atoms with E-state index in [0.717, 1.165) is 22.6 Å². The monoisotopic (exact) mass is 356 g/mol. The van der Waals surface area contributed by atoms with Gasteiger partial charge in [0.05, 0.1) is 0 Å². The van der Waals surface area contributed by atoms with Gasteiger partial charge in [-0.2, -0.15) is 0 Å². The van der Waals surface area contributed by atoms with Crippen molar-refractivity contribution in [1.82, 2.24) is 0 Å². The second-order valence-corrected chi connectivity index (χ2v) is 7.52. The Kier molecular flexibility index (Phi) is 5.35. The summed E-state index contributed by atoms with van der Waals surface area (Å²) in [4.78, 5) is 0. The van der Waals surface area contributed by atoms with Crippen molar-refractivity contribution in [1.29, 1.82) is 0 Å². The highest BCUT2D eigenvalue weighted by atomic mass is 16.5. The molecule has 0 aromatic heterocycles. The van der Waals surface area contributed by atoms with Crippen LogP contribution in [0.4, 0.5) is 0 Å². The van der Waals surface area contributed by atoms with Crippen molar-refractivity contribution in [2.45, 2.75) is 26.4 Å². The zero-order chi connectivity index (χ0) is 19.3. The third-order valence-electron chi connectivity index (χ3n) is 4.50. The minimum atomic E-state index is -1.24. The largest absolute Gasteiger partial charge is 0.457 e. The van der Waals surface area contributed by atoms with Gasteiger partial charge in [-0.1, -0.05) is 81.1 Å². The molecule has 1 unspecified atom stereocenters. The Balaban J connectivity index is 1.85. The molecule has 0 saturated heterocycles. The first kappa shape index (κ1) is 18.8. The zero-order valence-electron chi connectivity index (χ0n) is 15.9. The van der Waals surface area contributed by atoms with Crippen LogP contribution in [-0.2, 0) is 5.60 Å². The van der Waals surface area contributed by atoms with Crippen LogP contribution in [-0.4, -0.2) is 5.11 Å². The average molecular weight is 356 g/mol. The van der Waals surface area contributed by atoms with Crippen molar-refractivity contribution in [3.8, 4) is 23.3 Å². The normalized spacial score (nSPS) is 13.2. The lowest BCUT2D eigenvalue weighted by Crippen LogP contribution is -2.38. The molecular formula is C25H24O2. The molecule has 3 rings (SSSR count). The van der Waals surface area contributed by atoms with Gasteiger partial charge in [0.15, 0.2) is 5.60 Å². The summed E-state index contributed by atoms with van der Waals surface area (Å²) in [7, 11) is 0. The first-order chi connectivity index (χ1) is 12.9. The van der Waals surface area contributed by atoms with Crippen LogP contribution in [0.5, 0.6) is 11.5 Å². The van der Waals surface area contributed by atoms with Crippen LogP contribution < -0.4 is 4.74 Å². The fourth-order valence-electron chi connectivity index (χ4n) is 2.77. The summed E-state index contributed by atoms with van der Waals surface area (Å²) in [6, 6.07) is 26.8. The third-order valence-corrected chi connectivity index (χ3v) is 4.50. The molecule has 0 aliphatic carbocycles. The van der Waals surface area contributed by atoms with Crippen molar-refractivity contribution in [2.75, 3.05) is 0 Å². The van der Waals surface area contributed by atoms with Crippen molar-refractivity contribution in [3.05, 3.63) is 96.1 Å². The molecule has 1 N–H and O–H groups in total. The van der Waals surface area contributed by atoms with Gasteiger partial charge >= 0.3 is 0 Å². The smallest absolute Gasteiger partial charge is 0.156 e. The molecule has 136 valence electrons. The van der Waals surface area contributed by atoms with Gasteiger partial charge in [-0.05, 0) is 42.0 Å². The molecule has 3 aromatic rings. The second kappa shape index (κ2) is 7.70. The molecule has 0 aliphatic heterocycles. The topological polar surface area (TPSA) is 29.5 Å². The lowest BCUT2D eigenvalue weighted by molar-refractivity contribution is -0.00900. The van der Waals surface area contributed by atoms with Crippen molar-refractivity contribution in [3.63, 3.8) is 0 Å². The third kappa shape index (κ3) is 4.39. The fraction of sp³-hybridized carbons (Fsp3) is 0.200. The summed E-state index contributed by atoms with van der Waals surface area (Å²) < 4.78 is 5.80. The molecule has 0 aliphatic rings. The van der Waals surface area contributed by atoms with Crippen LogP contribution >= 0.6 is 0 Å². The number of para-hydroxylation sites is 1. The predicted molar refractivity (Wildman–Crippen MR) is 110 cm³/mol. The average Bonchev–Trinajstić information content (AvgIpc) is 2.68. The molecule has 3 aromatic carbocycles. The van der Waals surface area contributed by atoms with Crippen molar-refractivity contribution >= 4 is 0 Å². The van der Waals surface area contributed by atoms with Crippen LogP contribution in [0.1, 0.15) is 31.9 Å². The minimum absolute atomic E-state index is 0.433. The van der Waals surface area contributed by atoms with Crippen LogP contribution in [0.3, 0.4) is 0 Å². The number of hydrogen-bond donors (Lipinski definition) is 1. The Morgan fingerprint density at radius 1 is 0.704 bits per heavy atom. The Labute approximate surface area is 161 Å².